The van der Waals surface area contributed by atoms with Crippen LogP contribution in [0, 0.1) is 11.6 Å². The van der Waals surface area contributed by atoms with Crippen molar-refractivity contribution >= 4 is 46.9 Å². The molecule has 0 unspecified atom stereocenters. The van der Waals surface area contributed by atoms with Gasteiger partial charge in [-0.1, -0.05) is 60.2 Å². The van der Waals surface area contributed by atoms with Crippen LogP contribution in [0.3, 0.4) is 0 Å². The monoisotopic (exact) mass is 642 g/mol. The lowest BCUT2D eigenvalue weighted by Crippen LogP contribution is -2.47. The molecule has 228 valence electrons. The number of halogens is 4. The Labute approximate surface area is 269 Å². The number of hydrogen-bond donors (Lipinski definition) is 0. The molecule has 4 nitrogen and oxygen atoms in total. The summed E-state index contributed by atoms with van der Waals surface area (Å²) in [7, 11) is 0. The van der Waals surface area contributed by atoms with Crippen LogP contribution in [-0.4, -0.2) is 67.1 Å². The highest BCUT2D eigenvalue weighted by Crippen LogP contribution is 2.33. The van der Waals surface area contributed by atoms with E-state index < -0.39 is 0 Å². The van der Waals surface area contributed by atoms with E-state index >= 15 is 0 Å². The number of rotatable bonds is 8. The van der Waals surface area contributed by atoms with Gasteiger partial charge in [0, 0.05) is 50.2 Å². The van der Waals surface area contributed by atoms with Crippen molar-refractivity contribution in [3.05, 3.63) is 113 Å². The van der Waals surface area contributed by atoms with Gasteiger partial charge >= 0.3 is 0 Å². The van der Waals surface area contributed by atoms with Crippen LogP contribution in [0.4, 0.5) is 13.9 Å². The molecule has 0 bridgehead atoms. The number of likely N-dealkylation sites (tertiary alicyclic amines) is 1. The number of nitrogens with zero attached hydrogens (tertiary/aromatic N) is 4. The molecule has 2 fully saturated rings. The number of piperazine rings is 1. The lowest BCUT2D eigenvalue weighted by atomic mass is 9.88. The summed E-state index contributed by atoms with van der Waals surface area (Å²) in [6, 6.07) is 23.8. The quantitative estimate of drug-likeness (QED) is 0.194. The SMILES string of the molecule is Cl.Cl.Fc1ccc(C(=C2CCN(CCCN3CCN(c4nc(-c5ccccc5)cs4)CC3)CC2)c2ccc(F)cc2)cc1. The Morgan fingerprint density at radius 1 is 0.674 bits per heavy atom. The molecule has 3 aromatic carbocycles. The molecule has 6 rings (SSSR count). The molecule has 2 aliphatic heterocycles. The maximum atomic E-state index is 13.6. The predicted octanol–water partition coefficient (Wildman–Crippen LogP) is 8.04. The van der Waals surface area contributed by atoms with Gasteiger partial charge in [0.25, 0.3) is 0 Å². The number of aromatic nitrogens is 1. The topological polar surface area (TPSA) is 22.6 Å². The second-order valence-electron chi connectivity index (χ2n) is 10.9. The first-order chi connectivity index (χ1) is 20.1. The molecule has 0 atom stereocenters. The second kappa shape index (κ2) is 15.8. The van der Waals surface area contributed by atoms with Crippen molar-refractivity contribution < 1.29 is 8.78 Å². The maximum absolute atomic E-state index is 13.6. The van der Waals surface area contributed by atoms with Gasteiger partial charge in [0.05, 0.1) is 5.69 Å². The van der Waals surface area contributed by atoms with E-state index in [4.69, 9.17) is 4.98 Å². The highest BCUT2D eigenvalue weighted by atomic mass is 35.5. The van der Waals surface area contributed by atoms with Gasteiger partial charge in [-0.3, -0.25) is 4.90 Å². The van der Waals surface area contributed by atoms with Gasteiger partial charge in [0.15, 0.2) is 5.13 Å². The number of piperidine rings is 1. The molecule has 0 radical (unpaired) electrons. The van der Waals surface area contributed by atoms with Gasteiger partial charge in [0.2, 0.25) is 0 Å². The van der Waals surface area contributed by atoms with Crippen LogP contribution in [0.5, 0.6) is 0 Å². The maximum Gasteiger partial charge on any atom is 0.185 e. The van der Waals surface area contributed by atoms with E-state index in [2.05, 4.69) is 44.3 Å². The summed E-state index contributed by atoms with van der Waals surface area (Å²) in [6.07, 6.45) is 3.11. The molecule has 0 spiro atoms. The minimum Gasteiger partial charge on any atom is -0.346 e. The number of hydrogen-bond acceptors (Lipinski definition) is 5. The van der Waals surface area contributed by atoms with Crippen molar-refractivity contribution in [2.75, 3.05) is 57.3 Å². The lowest BCUT2D eigenvalue weighted by molar-refractivity contribution is 0.212. The molecule has 9 heteroatoms. The van der Waals surface area contributed by atoms with Gasteiger partial charge < -0.3 is 9.80 Å². The molecule has 4 aromatic rings. The third-order valence-corrected chi connectivity index (χ3v) is 9.13. The average molecular weight is 644 g/mol. The Morgan fingerprint density at radius 3 is 1.77 bits per heavy atom. The normalized spacial score (nSPS) is 16.0. The molecule has 2 aliphatic rings. The van der Waals surface area contributed by atoms with E-state index in [-0.39, 0.29) is 36.4 Å². The Morgan fingerprint density at radius 2 is 1.21 bits per heavy atom. The molecule has 2 saturated heterocycles. The molecule has 0 amide bonds. The second-order valence-corrected chi connectivity index (χ2v) is 11.7. The van der Waals surface area contributed by atoms with Crippen molar-refractivity contribution in [3.63, 3.8) is 0 Å². The molecule has 0 N–H and O–H groups in total. The first kappa shape index (κ1) is 33.1. The van der Waals surface area contributed by atoms with Crippen molar-refractivity contribution in [2.24, 2.45) is 0 Å². The number of benzene rings is 3. The van der Waals surface area contributed by atoms with Gasteiger partial charge in [-0.15, -0.1) is 36.2 Å². The van der Waals surface area contributed by atoms with E-state index in [9.17, 15) is 8.78 Å². The van der Waals surface area contributed by atoms with E-state index in [0.717, 1.165) is 99.1 Å². The molecular weight excluding hydrogens is 605 g/mol. The van der Waals surface area contributed by atoms with Crippen molar-refractivity contribution in [1.82, 2.24) is 14.8 Å². The Balaban J connectivity index is 0.00000212. The number of thiazole rings is 1. The van der Waals surface area contributed by atoms with Crippen molar-refractivity contribution in [3.8, 4) is 11.3 Å². The molecular formula is C34H38Cl2F2N4S. The highest BCUT2D eigenvalue weighted by molar-refractivity contribution is 7.14. The molecule has 43 heavy (non-hydrogen) atoms. The average Bonchev–Trinajstić information content (AvgIpc) is 3.51. The van der Waals surface area contributed by atoms with Crippen LogP contribution < -0.4 is 4.90 Å². The zero-order valence-electron chi connectivity index (χ0n) is 24.1. The molecule has 0 aliphatic carbocycles. The largest absolute Gasteiger partial charge is 0.346 e. The van der Waals surface area contributed by atoms with Gasteiger partial charge in [-0.2, -0.15) is 0 Å². The Bertz CT molecular complexity index is 1400. The molecule has 0 saturated carbocycles. The summed E-state index contributed by atoms with van der Waals surface area (Å²) >= 11 is 1.74. The van der Waals surface area contributed by atoms with E-state index in [1.54, 1.807) is 11.3 Å². The molecule has 1 aromatic heterocycles. The van der Waals surface area contributed by atoms with Crippen LogP contribution in [0.15, 0.2) is 89.8 Å². The predicted molar refractivity (Wildman–Crippen MR) is 180 cm³/mol. The minimum atomic E-state index is -0.242. The summed E-state index contributed by atoms with van der Waals surface area (Å²) in [5, 5.41) is 3.29. The van der Waals surface area contributed by atoms with Gasteiger partial charge in [0.1, 0.15) is 11.6 Å². The summed E-state index contributed by atoms with van der Waals surface area (Å²) in [4.78, 5) is 12.5. The summed E-state index contributed by atoms with van der Waals surface area (Å²) in [6.45, 7) is 8.45. The van der Waals surface area contributed by atoms with Gasteiger partial charge in [-0.05, 0) is 73.3 Å². The Hall–Kier alpha value is -2.81. The fourth-order valence-corrected chi connectivity index (χ4v) is 6.82. The smallest absolute Gasteiger partial charge is 0.185 e. The fourth-order valence-electron chi connectivity index (χ4n) is 5.94. The van der Waals surface area contributed by atoms with Crippen molar-refractivity contribution in [2.45, 2.75) is 19.3 Å². The summed E-state index contributed by atoms with van der Waals surface area (Å²) in [5.74, 6) is -0.484. The van der Waals surface area contributed by atoms with Gasteiger partial charge in [-0.25, -0.2) is 13.8 Å². The van der Waals surface area contributed by atoms with Crippen LogP contribution in [0.1, 0.15) is 30.4 Å². The van der Waals surface area contributed by atoms with E-state index in [1.807, 2.05) is 30.3 Å². The summed E-state index contributed by atoms with van der Waals surface area (Å²) < 4.78 is 27.3. The highest BCUT2D eigenvalue weighted by Gasteiger charge is 2.22. The lowest BCUT2D eigenvalue weighted by Gasteiger charge is -2.35. The third kappa shape index (κ3) is 8.43. The number of anilines is 1. The van der Waals surface area contributed by atoms with Crippen LogP contribution >= 0.6 is 36.2 Å². The van der Waals surface area contributed by atoms with Crippen LogP contribution in [0.25, 0.3) is 16.8 Å². The summed E-state index contributed by atoms with van der Waals surface area (Å²) in [5.41, 5.74) is 6.72. The first-order valence-electron chi connectivity index (χ1n) is 14.6. The molecule has 3 heterocycles. The third-order valence-electron chi connectivity index (χ3n) is 8.23. The van der Waals surface area contributed by atoms with Crippen LogP contribution in [-0.2, 0) is 0 Å². The standard InChI is InChI=1S/C34H36F2N4S.2ClH/c35-30-11-7-27(8-12-30)33(28-9-13-31(36)14-10-28)29-15-19-38(20-16-29)17-4-18-39-21-23-40(24-22-39)34-37-32(25-41-34)26-5-2-1-3-6-26;;/h1-3,5-14,25H,4,15-24H2;2*1H. The van der Waals surface area contributed by atoms with E-state index in [0.29, 0.717) is 0 Å². The van der Waals surface area contributed by atoms with Crippen molar-refractivity contribution in [1.29, 1.82) is 0 Å². The van der Waals surface area contributed by atoms with Crippen LogP contribution in [0.2, 0.25) is 0 Å². The Kier molecular flexibility index (Phi) is 12.1. The first-order valence-corrected chi connectivity index (χ1v) is 15.4. The van der Waals surface area contributed by atoms with E-state index in [1.165, 1.54) is 35.4 Å². The minimum absolute atomic E-state index is 0. The fraction of sp³-hybridized carbons (Fsp3) is 0.324. The zero-order chi connectivity index (χ0) is 28.0. The zero-order valence-corrected chi connectivity index (χ0v) is 26.6.